The molecule has 0 radical (unpaired) electrons. The summed E-state index contributed by atoms with van der Waals surface area (Å²) in [5.74, 6) is 0. The average molecular weight is 332 g/mol. The molecule has 0 spiro atoms. The molecule has 1 aliphatic rings. The van der Waals surface area contributed by atoms with Crippen molar-refractivity contribution in [2.24, 2.45) is 0 Å². The first-order valence-electron chi connectivity index (χ1n) is 6.37. The number of likely N-dealkylation sites (tertiary alicyclic amines) is 1. The summed E-state index contributed by atoms with van der Waals surface area (Å²) in [6, 6.07) is 6.81. The molecule has 1 aromatic rings. The van der Waals surface area contributed by atoms with E-state index >= 15 is 0 Å². The maximum absolute atomic E-state index is 6.05. The molecule has 1 fully saturated rings. The lowest BCUT2D eigenvalue weighted by atomic mass is 10.1. The number of rotatable bonds is 4. The van der Waals surface area contributed by atoms with Crippen molar-refractivity contribution in [1.29, 1.82) is 0 Å². The summed E-state index contributed by atoms with van der Waals surface area (Å²) in [6.45, 7) is 2.31. The van der Waals surface area contributed by atoms with Crippen molar-refractivity contribution in [3.05, 3.63) is 28.8 Å². The second kappa shape index (κ2) is 6.27. The fourth-order valence-corrected chi connectivity index (χ4v) is 3.30. The van der Waals surface area contributed by atoms with Crippen molar-refractivity contribution in [3.8, 4) is 0 Å². The van der Waals surface area contributed by atoms with Gasteiger partial charge in [0.15, 0.2) is 0 Å². The molecule has 1 unspecified atom stereocenters. The van der Waals surface area contributed by atoms with Gasteiger partial charge >= 0.3 is 0 Å². The third kappa shape index (κ3) is 3.19. The number of hydrogen-bond donors (Lipinski definition) is 0. The van der Waals surface area contributed by atoms with Gasteiger partial charge in [0.05, 0.1) is 0 Å². The van der Waals surface area contributed by atoms with Crippen LogP contribution in [0.15, 0.2) is 18.2 Å². The van der Waals surface area contributed by atoms with Crippen LogP contribution in [0.25, 0.3) is 0 Å². The molecule has 1 aromatic carbocycles. The minimum absolute atomic E-state index is 0.675. The van der Waals surface area contributed by atoms with Gasteiger partial charge in [-0.05, 0) is 50.2 Å². The van der Waals surface area contributed by atoms with Crippen molar-refractivity contribution in [3.63, 3.8) is 0 Å². The Morgan fingerprint density at radius 2 is 2.28 bits per heavy atom. The van der Waals surface area contributed by atoms with E-state index in [0.717, 1.165) is 16.9 Å². The van der Waals surface area contributed by atoms with Crippen molar-refractivity contribution in [2.75, 3.05) is 32.1 Å². The zero-order valence-corrected chi connectivity index (χ0v) is 13.3. The van der Waals surface area contributed by atoms with E-state index in [1.165, 1.54) is 30.6 Å². The van der Waals surface area contributed by atoms with Crippen LogP contribution >= 0.6 is 27.5 Å². The van der Waals surface area contributed by atoms with Crippen LogP contribution in [0.1, 0.15) is 18.4 Å². The first-order valence-corrected chi connectivity index (χ1v) is 7.87. The molecule has 0 aromatic heterocycles. The molecule has 1 atom stereocenters. The number of likely N-dealkylation sites (N-methyl/N-ethyl adjacent to an activating group) is 2. The Balaban J connectivity index is 2.10. The van der Waals surface area contributed by atoms with Crippen LogP contribution in [0.5, 0.6) is 0 Å². The van der Waals surface area contributed by atoms with E-state index in [9.17, 15) is 0 Å². The van der Waals surface area contributed by atoms with Crippen LogP contribution in [0.3, 0.4) is 0 Å². The lowest BCUT2D eigenvalue weighted by molar-refractivity contribution is 0.314. The average Bonchev–Trinajstić information content (AvgIpc) is 2.74. The lowest BCUT2D eigenvalue weighted by Gasteiger charge is -2.28. The van der Waals surface area contributed by atoms with E-state index in [4.69, 9.17) is 11.6 Å². The second-order valence-corrected chi connectivity index (χ2v) is 6.06. The normalized spacial score (nSPS) is 20.3. The summed E-state index contributed by atoms with van der Waals surface area (Å²) in [7, 11) is 4.39. The first-order chi connectivity index (χ1) is 8.61. The van der Waals surface area contributed by atoms with E-state index in [2.05, 4.69) is 45.9 Å². The highest BCUT2D eigenvalue weighted by Crippen LogP contribution is 2.27. The molecular weight excluding hydrogens is 312 g/mol. The highest BCUT2D eigenvalue weighted by atomic mass is 79.9. The molecule has 4 heteroatoms. The van der Waals surface area contributed by atoms with Crippen molar-refractivity contribution < 1.29 is 0 Å². The van der Waals surface area contributed by atoms with Crippen molar-refractivity contribution in [2.45, 2.75) is 24.2 Å². The second-order valence-electron chi connectivity index (χ2n) is 5.06. The van der Waals surface area contributed by atoms with Gasteiger partial charge in [-0.15, -0.1) is 0 Å². The standard InChI is InChI=1S/C14H20BrClN2/c1-17-7-3-4-13(17)10-18(2)14-6-5-12(16)8-11(14)9-15/h5-6,8,13H,3-4,7,9-10H2,1-2H3. The summed E-state index contributed by atoms with van der Waals surface area (Å²) < 4.78 is 0. The van der Waals surface area contributed by atoms with Crippen LogP contribution in [-0.2, 0) is 5.33 Å². The van der Waals surface area contributed by atoms with Crippen LogP contribution in [0.4, 0.5) is 5.69 Å². The largest absolute Gasteiger partial charge is 0.373 e. The van der Waals surface area contributed by atoms with Gasteiger partial charge in [-0.1, -0.05) is 27.5 Å². The SMILES string of the molecule is CN(CC1CCCN1C)c1ccc(Cl)cc1CBr. The maximum atomic E-state index is 6.05. The molecule has 2 nitrogen and oxygen atoms in total. The van der Waals surface area contributed by atoms with Crippen LogP contribution in [0, 0.1) is 0 Å². The number of anilines is 1. The maximum Gasteiger partial charge on any atom is 0.0410 e. The summed E-state index contributed by atoms with van der Waals surface area (Å²) in [4.78, 5) is 4.81. The van der Waals surface area contributed by atoms with Gasteiger partial charge in [0.2, 0.25) is 0 Å². The van der Waals surface area contributed by atoms with E-state index < -0.39 is 0 Å². The molecule has 0 aliphatic carbocycles. The zero-order chi connectivity index (χ0) is 13.1. The van der Waals surface area contributed by atoms with Gasteiger partial charge in [-0.25, -0.2) is 0 Å². The molecule has 1 aliphatic heterocycles. The van der Waals surface area contributed by atoms with Gasteiger partial charge in [-0.3, -0.25) is 0 Å². The highest BCUT2D eigenvalue weighted by Gasteiger charge is 2.22. The van der Waals surface area contributed by atoms with Crippen molar-refractivity contribution in [1.82, 2.24) is 4.90 Å². The summed E-state index contributed by atoms with van der Waals surface area (Å²) in [5.41, 5.74) is 2.53. The first kappa shape index (κ1) is 14.2. The minimum atomic E-state index is 0.675. The Morgan fingerprint density at radius 3 is 2.89 bits per heavy atom. The fraction of sp³-hybridized carbons (Fsp3) is 0.571. The Hall–Kier alpha value is -0.250. The van der Waals surface area contributed by atoms with Gasteiger partial charge in [0.25, 0.3) is 0 Å². The van der Waals surface area contributed by atoms with Gasteiger partial charge < -0.3 is 9.80 Å². The third-order valence-corrected chi connectivity index (χ3v) is 4.59. The molecule has 2 rings (SSSR count). The van der Waals surface area contributed by atoms with Gasteiger partial charge in [-0.2, -0.15) is 0 Å². The lowest BCUT2D eigenvalue weighted by Crippen LogP contribution is -2.36. The van der Waals surface area contributed by atoms with E-state index in [-0.39, 0.29) is 0 Å². The van der Waals surface area contributed by atoms with Crippen LogP contribution < -0.4 is 4.90 Å². The molecule has 100 valence electrons. The predicted molar refractivity (Wildman–Crippen MR) is 83.0 cm³/mol. The number of benzene rings is 1. The van der Waals surface area contributed by atoms with Gasteiger partial charge in [0.1, 0.15) is 0 Å². The zero-order valence-electron chi connectivity index (χ0n) is 11.0. The van der Waals surface area contributed by atoms with E-state index in [1.54, 1.807) is 0 Å². The molecule has 0 amide bonds. The molecule has 0 saturated carbocycles. The Kier molecular flexibility index (Phi) is 4.93. The van der Waals surface area contributed by atoms with Crippen molar-refractivity contribution >= 4 is 33.2 Å². The van der Waals surface area contributed by atoms with Crippen LogP contribution in [-0.4, -0.2) is 38.1 Å². The Bertz CT molecular complexity index is 411. The molecule has 1 saturated heterocycles. The molecule has 0 N–H and O–H groups in total. The third-order valence-electron chi connectivity index (χ3n) is 3.75. The van der Waals surface area contributed by atoms with Gasteiger partial charge in [0, 0.05) is 35.7 Å². The number of nitrogens with zero attached hydrogens (tertiary/aromatic N) is 2. The molecule has 0 bridgehead atoms. The number of hydrogen-bond acceptors (Lipinski definition) is 2. The quantitative estimate of drug-likeness (QED) is 0.775. The summed E-state index contributed by atoms with van der Waals surface area (Å²) in [5, 5.41) is 1.65. The van der Waals surface area contributed by atoms with E-state index in [1.807, 2.05) is 12.1 Å². The Labute approximate surface area is 123 Å². The highest BCUT2D eigenvalue weighted by molar-refractivity contribution is 9.08. The van der Waals surface area contributed by atoms with Crippen LogP contribution in [0.2, 0.25) is 5.02 Å². The number of alkyl halides is 1. The predicted octanol–water partition coefficient (Wildman–Crippen LogP) is 3.77. The minimum Gasteiger partial charge on any atom is -0.373 e. The topological polar surface area (TPSA) is 6.48 Å². The smallest absolute Gasteiger partial charge is 0.0410 e. The summed E-state index contributed by atoms with van der Waals surface area (Å²) >= 11 is 9.59. The van der Waals surface area contributed by atoms with E-state index in [0.29, 0.717) is 6.04 Å². The summed E-state index contributed by atoms with van der Waals surface area (Å²) in [6.07, 6.45) is 2.62. The monoisotopic (exact) mass is 330 g/mol. The fourth-order valence-electron chi connectivity index (χ4n) is 2.66. The molecule has 18 heavy (non-hydrogen) atoms. The molecular formula is C14H20BrClN2. The Morgan fingerprint density at radius 1 is 1.50 bits per heavy atom. The molecule has 1 heterocycles. The number of halogens is 2.